The molecule has 0 heterocycles. The molecule has 2 aromatic rings. The molecule has 0 saturated carbocycles. The van der Waals surface area contributed by atoms with Gasteiger partial charge in [-0.25, -0.2) is 12.8 Å². The van der Waals surface area contributed by atoms with Crippen molar-refractivity contribution in [3.05, 3.63) is 53.3 Å². The number of thioether (sulfide) groups is 1. The Morgan fingerprint density at radius 3 is 2.50 bits per heavy atom. The van der Waals surface area contributed by atoms with Gasteiger partial charge in [-0.2, -0.15) is 0 Å². The van der Waals surface area contributed by atoms with Crippen molar-refractivity contribution in [1.82, 2.24) is 0 Å². The third-order valence-corrected chi connectivity index (χ3v) is 5.43. The van der Waals surface area contributed by atoms with Gasteiger partial charge in [0.25, 0.3) is 0 Å². The van der Waals surface area contributed by atoms with E-state index in [1.807, 2.05) is 12.1 Å². The molecule has 0 unspecified atom stereocenters. The van der Waals surface area contributed by atoms with Gasteiger partial charge in [-0.05, 0) is 42.5 Å². The molecule has 0 aliphatic carbocycles. The van der Waals surface area contributed by atoms with Gasteiger partial charge in [-0.3, -0.25) is 4.79 Å². The molecule has 4 nitrogen and oxygen atoms in total. The third kappa shape index (κ3) is 5.51. The van der Waals surface area contributed by atoms with E-state index in [0.29, 0.717) is 10.8 Å². The van der Waals surface area contributed by atoms with E-state index in [2.05, 4.69) is 5.32 Å². The first-order valence-corrected chi connectivity index (χ1v) is 10.2. The third-order valence-electron chi connectivity index (χ3n) is 3.05. The maximum atomic E-state index is 13.7. The smallest absolute Gasteiger partial charge is 0.225 e. The molecule has 1 amide bonds. The number of carbonyl (C=O) groups excluding carboxylic acids is 1. The van der Waals surface area contributed by atoms with E-state index < -0.39 is 15.7 Å². The summed E-state index contributed by atoms with van der Waals surface area (Å²) in [7, 11) is -3.47. The number of sulfone groups is 1. The van der Waals surface area contributed by atoms with Crippen LogP contribution < -0.4 is 5.32 Å². The average molecular weight is 388 g/mol. The van der Waals surface area contributed by atoms with Gasteiger partial charge >= 0.3 is 0 Å². The number of anilines is 1. The molecular formula is C16H15ClFNO3S2. The summed E-state index contributed by atoms with van der Waals surface area (Å²) < 4.78 is 36.7. The zero-order chi connectivity index (χ0) is 17.7. The van der Waals surface area contributed by atoms with Crippen molar-refractivity contribution >= 4 is 44.8 Å². The van der Waals surface area contributed by atoms with Crippen LogP contribution in [0.5, 0.6) is 0 Å². The van der Waals surface area contributed by atoms with Crippen LogP contribution in [0.2, 0.25) is 5.02 Å². The standard InChI is InChI=1S/C16H15ClFNO3S2/c1-24(21,22)13-6-7-14(18)15(10-13)19-16(20)8-9-23-12-4-2-11(17)3-5-12/h2-7,10H,8-9H2,1H3,(H,19,20). The summed E-state index contributed by atoms with van der Waals surface area (Å²) in [6, 6.07) is 10.5. The molecule has 8 heteroatoms. The highest BCUT2D eigenvalue weighted by Gasteiger charge is 2.13. The molecule has 0 bridgehead atoms. The lowest BCUT2D eigenvalue weighted by molar-refractivity contribution is -0.115. The lowest BCUT2D eigenvalue weighted by Gasteiger charge is -2.08. The van der Waals surface area contributed by atoms with Gasteiger partial charge in [0.05, 0.1) is 10.6 Å². The van der Waals surface area contributed by atoms with Gasteiger partial charge in [0.15, 0.2) is 9.84 Å². The highest BCUT2D eigenvalue weighted by atomic mass is 35.5. The van der Waals surface area contributed by atoms with E-state index in [9.17, 15) is 17.6 Å². The zero-order valence-electron chi connectivity index (χ0n) is 12.8. The van der Waals surface area contributed by atoms with Crippen LogP contribution >= 0.6 is 23.4 Å². The summed E-state index contributed by atoms with van der Waals surface area (Å²) in [5, 5.41) is 3.04. The van der Waals surface area contributed by atoms with E-state index in [1.54, 1.807) is 12.1 Å². The Labute approximate surface area is 149 Å². The predicted molar refractivity (Wildman–Crippen MR) is 94.9 cm³/mol. The SMILES string of the molecule is CS(=O)(=O)c1ccc(F)c(NC(=O)CCSc2ccc(Cl)cc2)c1. The van der Waals surface area contributed by atoms with Crippen LogP contribution in [-0.2, 0) is 14.6 Å². The maximum Gasteiger partial charge on any atom is 0.225 e. The highest BCUT2D eigenvalue weighted by Crippen LogP contribution is 2.22. The Morgan fingerprint density at radius 2 is 1.88 bits per heavy atom. The van der Waals surface area contributed by atoms with Gasteiger partial charge in [0, 0.05) is 28.3 Å². The molecule has 0 saturated heterocycles. The van der Waals surface area contributed by atoms with Crippen LogP contribution in [0.3, 0.4) is 0 Å². The lowest BCUT2D eigenvalue weighted by atomic mass is 10.3. The van der Waals surface area contributed by atoms with E-state index in [-0.39, 0.29) is 22.9 Å². The molecule has 0 atom stereocenters. The second kappa shape index (κ2) is 8.00. The molecule has 0 fully saturated rings. The Bertz CT molecular complexity index is 839. The molecule has 24 heavy (non-hydrogen) atoms. The number of benzene rings is 2. The minimum absolute atomic E-state index is 0.0465. The summed E-state index contributed by atoms with van der Waals surface area (Å²) in [5.74, 6) is -0.567. The number of hydrogen-bond donors (Lipinski definition) is 1. The van der Waals surface area contributed by atoms with E-state index in [4.69, 9.17) is 11.6 Å². The quantitative estimate of drug-likeness (QED) is 0.601. The van der Waals surface area contributed by atoms with Crippen LogP contribution in [0.25, 0.3) is 0 Å². The van der Waals surface area contributed by atoms with Crippen LogP contribution in [0.1, 0.15) is 6.42 Å². The molecule has 2 aromatic carbocycles. The fraction of sp³-hybridized carbons (Fsp3) is 0.188. The summed E-state index contributed by atoms with van der Waals surface area (Å²) >= 11 is 7.26. The van der Waals surface area contributed by atoms with Crippen molar-refractivity contribution in [2.45, 2.75) is 16.2 Å². The lowest BCUT2D eigenvalue weighted by Crippen LogP contribution is -2.14. The number of rotatable bonds is 6. The van der Waals surface area contributed by atoms with Gasteiger partial charge in [-0.15, -0.1) is 11.8 Å². The van der Waals surface area contributed by atoms with Crippen molar-refractivity contribution < 1.29 is 17.6 Å². The second-order valence-electron chi connectivity index (χ2n) is 5.01. The van der Waals surface area contributed by atoms with Gasteiger partial charge in [0.1, 0.15) is 5.82 Å². The van der Waals surface area contributed by atoms with Crippen molar-refractivity contribution in [3.8, 4) is 0 Å². The minimum Gasteiger partial charge on any atom is -0.324 e. The predicted octanol–water partition coefficient (Wildman–Crippen LogP) is 4.00. The van der Waals surface area contributed by atoms with E-state index >= 15 is 0 Å². The topological polar surface area (TPSA) is 63.2 Å². The normalized spacial score (nSPS) is 11.3. The number of amides is 1. The molecule has 1 N–H and O–H groups in total. The number of carbonyl (C=O) groups is 1. The van der Waals surface area contributed by atoms with Gasteiger partial charge in [0.2, 0.25) is 5.91 Å². The Morgan fingerprint density at radius 1 is 1.21 bits per heavy atom. The van der Waals surface area contributed by atoms with Gasteiger partial charge in [-0.1, -0.05) is 11.6 Å². The summed E-state index contributed by atoms with van der Waals surface area (Å²) in [6.07, 6.45) is 1.18. The molecule has 0 radical (unpaired) electrons. The molecule has 2 rings (SSSR count). The fourth-order valence-corrected chi connectivity index (χ4v) is 3.46. The minimum atomic E-state index is -3.47. The largest absolute Gasteiger partial charge is 0.324 e. The Balaban J connectivity index is 1.93. The average Bonchev–Trinajstić information content (AvgIpc) is 2.50. The summed E-state index contributed by atoms with van der Waals surface area (Å²) in [4.78, 5) is 12.8. The second-order valence-corrected chi connectivity index (χ2v) is 8.63. The molecule has 0 aliphatic rings. The van der Waals surface area contributed by atoms with E-state index in [1.165, 1.54) is 11.8 Å². The Hall–Kier alpha value is -1.57. The van der Waals surface area contributed by atoms with Crippen molar-refractivity contribution in [3.63, 3.8) is 0 Å². The maximum absolute atomic E-state index is 13.7. The first kappa shape index (κ1) is 18.8. The van der Waals surface area contributed by atoms with Crippen LogP contribution in [-0.4, -0.2) is 26.3 Å². The monoisotopic (exact) mass is 387 g/mol. The first-order chi connectivity index (χ1) is 11.3. The zero-order valence-corrected chi connectivity index (χ0v) is 15.1. The van der Waals surface area contributed by atoms with Crippen LogP contribution in [0, 0.1) is 5.82 Å². The summed E-state index contributed by atoms with van der Waals surface area (Å²) in [6.45, 7) is 0. The molecule has 0 aromatic heterocycles. The molecule has 0 spiro atoms. The number of halogens is 2. The number of nitrogens with one attached hydrogen (secondary N) is 1. The highest BCUT2D eigenvalue weighted by molar-refractivity contribution is 7.99. The van der Waals surface area contributed by atoms with Crippen LogP contribution in [0.4, 0.5) is 10.1 Å². The fourth-order valence-electron chi connectivity index (χ4n) is 1.84. The Kier molecular flexibility index (Phi) is 6.26. The molecular weight excluding hydrogens is 373 g/mol. The van der Waals surface area contributed by atoms with Crippen LogP contribution in [0.15, 0.2) is 52.3 Å². The van der Waals surface area contributed by atoms with Crippen molar-refractivity contribution in [2.24, 2.45) is 0 Å². The first-order valence-electron chi connectivity index (χ1n) is 6.93. The number of hydrogen-bond acceptors (Lipinski definition) is 4. The molecule has 128 valence electrons. The van der Waals surface area contributed by atoms with Crippen molar-refractivity contribution in [2.75, 3.05) is 17.3 Å². The van der Waals surface area contributed by atoms with E-state index in [0.717, 1.165) is 29.4 Å². The molecule has 0 aliphatic heterocycles. The van der Waals surface area contributed by atoms with Crippen molar-refractivity contribution in [1.29, 1.82) is 0 Å². The van der Waals surface area contributed by atoms with Gasteiger partial charge < -0.3 is 5.32 Å². The summed E-state index contributed by atoms with van der Waals surface area (Å²) in [5.41, 5.74) is -0.139.